The van der Waals surface area contributed by atoms with E-state index >= 15 is 0 Å². The van der Waals surface area contributed by atoms with Crippen LogP contribution in [0, 0.1) is 16.7 Å². The summed E-state index contributed by atoms with van der Waals surface area (Å²) in [5, 5.41) is 20.5. The number of nitrogens with zero attached hydrogens (tertiary/aromatic N) is 1. The third-order valence-corrected chi connectivity index (χ3v) is 4.26. The molecule has 1 N–H and O–H groups in total. The number of ether oxygens (including phenoxy) is 1. The first kappa shape index (κ1) is 14.9. The van der Waals surface area contributed by atoms with Crippen LogP contribution in [-0.4, -0.2) is 11.7 Å². The molecular weight excluding hydrogens is 250 g/mol. The topological polar surface area (TPSA) is 53.2 Å². The standard InChI is InChI=1S/C17H23NO2/c1-2-20-15-10-6-5-9-14(15)16(19)17(13-18)11-7-3-4-8-12-17/h5-6,9-10,16,19H,2-4,7-8,11-12H2,1H3. The van der Waals surface area contributed by atoms with E-state index in [1.54, 1.807) is 0 Å². The summed E-state index contributed by atoms with van der Waals surface area (Å²) in [5.41, 5.74) is 0.0850. The Kier molecular flexibility index (Phi) is 5.03. The summed E-state index contributed by atoms with van der Waals surface area (Å²) in [6, 6.07) is 9.95. The lowest BCUT2D eigenvalue weighted by Gasteiger charge is -2.31. The molecule has 1 fully saturated rings. The molecule has 0 radical (unpaired) electrons. The van der Waals surface area contributed by atoms with Gasteiger partial charge in [-0.05, 0) is 25.8 Å². The summed E-state index contributed by atoms with van der Waals surface area (Å²) in [7, 11) is 0. The SMILES string of the molecule is CCOc1ccccc1C(O)C1(C#N)CCCCCC1. The number of aliphatic hydroxyl groups excluding tert-OH is 1. The van der Waals surface area contributed by atoms with Crippen LogP contribution < -0.4 is 4.74 Å². The van der Waals surface area contributed by atoms with Gasteiger partial charge >= 0.3 is 0 Å². The Hall–Kier alpha value is -1.53. The smallest absolute Gasteiger partial charge is 0.125 e. The van der Waals surface area contributed by atoms with Gasteiger partial charge < -0.3 is 9.84 Å². The quantitative estimate of drug-likeness (QED) is 0.844. The van der Waals surface area contributed by atoms with E-state index in [2.05, 4.69) is 6.07 Å². The maximum absolute atomic E-state index is 10.8. The maximum atomic E-state index is 10.8. The Morgan fingerprint density at radius 3 is 2.50 bits per heavy atom. The van der Waals surface area contributed by atoms with Crippen molar-refractivity contribution in [1.82, 2.24) is 0 Å². The van der Waals surface area contributed by atoms with Gasteiger partial charge in [-0.3, -0.25) is 0 Å². The van der Waals surface area contributed by atoms with Gasteiger partial charge in [0.25, 0.3) is 0 Å². The zero-order valence-corrected chi connectivity index (χ0v) is 12.1. The summed E-state index contributed by atoms with van der Waals surface area (Å²) in [4.78, 5) is 0. The number of rotatable bonds is 4. The zero-order chi connectivity index (χ0) is 14.4. The Labute approximate surface area is 121 Å². The fourth-order valence-electron chi connectivity index (χ4n) is 3.10. The molecule has 0 bridgehead atoms. The van der Waals surface area contributed by atoms with Gasteiger partial charge in [0.15, 0.2) is 0 Å². The molecule has 2 rings (SSSR count). The molecule has 0 saturated heterocycles. The van der Waals surface area contributed by atoms with Crippen LogP contribution >= 0.6 is 0 Å². The van der Waals surface area contributed by atoms with E-state index in [0.29, 0.717) is 12.4 Å². The number of hydrogen-bond donors (Lipinski definition) is 1. The maximum Gasteiger partial charge on any atom is 0.125 e. The van der Waals surface area contributed by atoms with E-state index < -0.39 is 11.5 Å². The first-order valence-electron chi connectivity index (χ1n) is 7.54. The minimum Gasteiger partial charge on any atom is -0.493 e. The number of benzene rings is 1. The molecule has 1 aliphatic carbocycles. The lowest BCUT2D eigenvalue weighted by Crippen LogP contribution is -2.27. The molecule has 1 atom stereocenters. The molecule has 3 nitrogen and oxygen atoms in total. The lowest BCUT2D eigenvalue weighted by molar-refractivity contribution is 0.0491. The molecule has 3 heteroatoms. The number of hydrogen-bond acceptors (Lipinski definition) is 3. The molecule has 0 aliphatic heterocycles. The minimum absolute atomic E-state index is 0.559. The van der Waals surface area contributed by atoms with Crippen LogP contribution in [0.2, 0.25) is 0 Å². The Morgan fingerprint density at radius 1 is 1.25 bits per heavy atom. The highest BCUT2D eigenvalue weighted by Gasteiger charge is 2.40. The van der Waals surface area contributed by atoms with E-state index in [9.17, 15) is 10.4 Å². The van der Waals surface area contributed by atoms with Crippen LogP contribution in [0.3, 0.4) is 0 Å². The summed E-state index contributed by atoms with van der Waals surface area (Å²) in [6.45, 7) is 2.48. The molecule has 1 aliphatic rings. The van der Waals surface area contributed by atoms with Crippen LogP contribution in [0.15, 0.2) is 24.3 Å². The van der Waals surface area contributed by atoms with Gasteiger partial charge in [0.05, 0.1) is 18.1 Å². The predicted molar refractivity (Wildman–Crippen MR) is 78.3 cm³/mol. The van der Waals surface area contributed by atoms with Crippen molar-refractivity contribution in [2.45, 2.75) is 51.6 Å². The number of para-hydroxylation sites is 1. The van der Waals surface area contributed by atoms with Crippen molar-refractivity contribution in [2.75, 3.05) is 6.61 Å². The van der Waals surface area contributed by atoms with Crippen LogP contribution in [-0.2, 0) is 0 Å². The van der Waals surface area contributed by atoms with E-state index in [1.807, 2.05) is 31.2 Å². The third kappa shape index (κ3) is 2.96. The van der Waals surface area contributed by atoms with Crippen LogP contribution in [0.4, 0.5) is 0 Å². The predicted octanol–water partition coefficient (Wildman–Crippen LogP) is 3.98. The van der Waals surface area contributed by atoms with Crippen molar-refractivity contribution < 1.29 is 9.84 Å². The summed E-state index contributed by atoms with van der Waals surface area (Å²) in [5.74, 6) is 0.696. The molecule has 20 heavy (non-hydrogen) atoms. The average molecular weight is 273 g/mol. The minimum atomic E-state index is -0.770. The molecule has 0 heterocycles. The average Bonchev–Trinajstić information content (AvgIpc) is 2.74. The largest absolute Gasteiger partial charge is 0.493 e. The number of aliphatic hydroxyl groups is 1. The number of nitriles is 1. The molecule has 0 amide bonds. The second-order valence-electron chi connectivity index (χ2n) is 5.56. The van der Waals surface area contributed by atoms with Crippen molar-refractivity contribution in [1.29, 1.82) is 5.26 Å². The summed E-state index contributed by atoms with van der Waals surface area (Å²) < 4.78 is 5.60. The van der Waals surface area contributed by atoms with Gasteiger partial charge in [-0.2, -0.15) is 5.26 Å². The summed E-state index contributed by atoms with van der Waals surface area (Å²) in [6.07, 6.45) is 5.11. The normalized spacial score (nSPS) is 19.6. The lowest BCUT2D eigenvalue weighted by atomic mass is 9.74. The Balaban J connectivity index is 2.33. The van der Waals surface area contributed by atoms with Gasteiger partial charge in [0.2, 0.25) is 0 Å². The van der Waals surface area contributed by atoms with E-state index in [1.165, 1.54) is 0 Å². The van der Waals surface area contributed by atoms with E-state index in [4.69, 9.17) is 4.74 Å². The molecule has 1 unspecified atom stereocenters. The monoisotopic (exact) mass is 273 g/mol. The molecule has 0 spiro atoms. The molecule has 108 valence electrons. The first-order chi connectivity index (χ1) is 9.73. The molecule has 1 saturated carbocycles. The van der Waals surface area contributed by atoms with E-state index in [-0.39, 0.29) is 0 Å². The fraction of sp³-hybridized carbons (Fsp3) is 0.588. The van der Waals surface area contributed by atoms with Gasteiger partial charge in [-0.25, -0.2) is 0 Å². The zero-order valence-electron chi connectivity index (χ0n) is 12.1. The van der Waals surface area contributed by atoms with Gasteiger partial charge in [0.1, 0.15) is 11.9 Å². The van der Waals surface area contributed by atoms with Crippen molar-refractivity contribution >= 4 is 0 Å². The summed E-state index contributed by atoms with van der Waals surface area (Å²) >= 11 is 0. The van der Waals surface area contributed by atoms with Gasteiger partial charge in [-0.1, -0.05) is 43.9 Å². The highest BCUT2D eigenvalue weighted by molar-refractivity contribution is 5.37. The fourth-order valence-corrected chi connectivity index (χ4v) is 3.10. The third-order valence-electron chi connectivity index (χ3n) is 4.26. The molecule has 1 aromatic rings. The van der Waals surface area contributed by atoms with Gasteiger partial charge in [-0.15, -0.1) is 0 Å². The van der Waals surface area contributed by atoms with Crippen molar-refractivity contribution in [3.05, 3.63) is 29.8 Å². The van der Waals surface area contributed by atoms with Crippen LogP contribution in [0.25, 0.3) is 0 Å². The highest BCUT2D eigenvalue weighted by atomic mass is 16.5. The van der Waals surface area contributed by atoms with Crippen molar-refractivity contribution in [2.24, 2.45) is 5.41 Å². The Bertz CT molecular complexity index is 470. The highest BCUT2D eigenvalue weighted by Crippen LogP contribution is 2.46. The first-order valence-corrected chi connectivity index (χ1v) is 7.54. The van der Waals surface area contributed by atoms with Crippen LogP contribution in [0.1, 0.15) is 57.1 Å². The second kappa shape index (κ2) is 6.76. The van der Waals surface area contributed by atoms with E-state index in [0.717, 1.165) is 44.1 Å². The van der Waals surface area contributed by atoms with Crippen molar-refractivity contribution in [3.63, 3.8) is 0 Å². The van der Waals surface area contributed by atoms with Gasteiger partial charge in [0, 0.05) is 5.56 Å². The molecular formula is C17H23NO2. The molecule has 0 aromatic heterocycles. The van der Waals surface area contributed by atoms with Crippen LogP contribution in [0.5, 0.6) is 5.75 Å². The van der Waals surface area contributed by atoms with Crippen molar-refractivity contribution in [3.8, 4) is 11.8 Å². The molecule has 1 aromatic carbocycles. The second-order valence-corrected chi connectivity index (χ2v) is 5.56. The Morgan fingerprint density at radius 2 is 1.90 bits per heavy atom.